The van der Waals surface area contributed by atoms with Crippen molar-refractivity contribution < 1.29 is 14.3 Å². The lowest BCUT2D eigenvalue weighted by atomic mass is 9.74. The van der Waals surface area contributed by atoms with E-state index in [4.69, 9.17) is 16.3 Å². The summed E-state index contributed by atoms with van der Waals surface area (Å²) >= 11 is 7.80. The topological polar surface area (TPSA) is 77.3 Å². The highest BCUT2D eigenvalue weighted by atomic mass is 35.5. The summed E-state index contributed by atoms with van der Waals surface area (Å²) in [6.07, 6.45) is 2.67. The number of carbonyl (C=O) groups is 2. The van der Waals surface area contributed by atoms with Gasteiger partial charge in [-0.2, -0.15) is 0 Å². The number of thioether (sulfide) groups is 1. The fraction of sp³-hybridized carbons (Fsp3) is 0.360. The summed E-state index contributed by atoms with van der Waals surface area (Å²) in [4.78, 5) is 28.2. The molecule has 1 heterocycles. The fourth-order valence-electron chi connectivity index (χ4n) is 4.57. The minimum absolute atomic E-state index is 0.0322. The summed E-state index contributed by atoms with van der Waals surface area (Å²) < 4.78 is 7.28. The first-order valence-corrected chi connectivity index (χ1v) is 12.5. The highest BCUT2D eigenvalue weighted by molar-refractivity contribution is 7.99. The number of para-hydroxylation sites is 1. The molecule has 0 radical (unpaired) electrons. The first-order chi connectivity index (χ1) is 16.4. The van der Waals surface area contributed by atoms with Crippen molar-refractivity contribution in [3.63, 3.8) is 0 Å². The minimum Gasteiger partial charge on any atom is -0.496 e. The summed E-state index contributed by atoms with van der Waals surface area (Å²) in [5.41, 5.74) is 0.469. The van der Waals surface area contributed by atoms with E-state index in [1.165, 1.54) is 11.8 Å². The lowest BCUT2D eigenvalue weighted by Gasteiger charge is -2.44. The molecule has 9 heteroatoms. The number of hydrogen-bond donors (Lipinski definition) is 0. The minimum atomic E-state index is -1.04. The number of nitrogens with zero attached hydrogens (tertiary/aromatic N) is 4. The van der Waals surface area contributed by atoms with Gasteiger partial charge in [-0.05, 0) is 37.5 Å². The summed E-state index contributed by atoms with van der Waals surface area (Å²) in [6.45, 7) is 0. The molecule has 0 N–H and O–H groups in total. The van der Waals surface area contributed by atoms with E-state index in [0.717, 1.165) is 18.4 Å². The Balaban J connectivity index is 1.56. The number of likely N-dealkylation sites (N-methyl/N-ethyl adjacent to an activating group) is 1. The molecule has 1 fully saturated rings. The van der Waals surface area contributed by atoms with Crippen molar-refractivity contribution in [2.75, 3.05) is 19.9 Å². The van der Waals surface area contributed by atoms with E-state index in [-0.39, 0.29) is 17.4 Å². The maximum Gasteiger partial charge on any atom is 0.233 e. The van der Waals surface area contributed by atoms with Crippen LogP contribution in [0.5, 0.6) is 5.75 Å². The number of ketones is 1. The summed E-state index contributed by atoms with van der Waals surface area (Å²) in [7, 11) is 5.17. The standard InChI is InChI=1S/C25H27ClN4O3S/c1-29-23(17-10-4-7-13-20(17)33-3)27-28-24(29)34-16-22(32)30(2)25(15-9-8-14-21(25)31)18-11-5-6-12-19(18)26/h4-7,10-13H,8-9,14-16H2,1-3H3/t25-/m1/s1. The molecule has 0 saturated heterocycles. The average molecular weight is 499 g/mol. The van der Waals surface area contributed by atoms with Gasteiger partial charge in [0, 0.05) is 31.1 Å². The molecule has 1 aliphatic rings. The van der Waals surface area contributed by atoms with Crippen molar-refractivity contribution in [1.82, 2.24) is 19.7 Å². The van der Waals surface area contributed by atoms with Crippen LogP contribution in [0.2, 0.25) is 5.02 Å². The number of hydrogen-bond acceptors (Lipinski definition) is 6. The monoisotopic (exact) mass is 498 g/mol. The lowest BCUT2D eigenvalue weighted by molar-refractivity contribution is -0.146. The zero-order chi connectivity index (χ0) is 24.3. The van der Waals surface area contributed by atoms with Gasteiger partial charge in [0.25, 0.3) is 0 Å². The van der Waals surface area contributed by atoms with E-state index < -0.39 is 5.54 Å². The largest absolute Gasteiger partial charge is 0.496 e. The van der Waals surface area contributed by atoms with Crippen molar-refractivity contribution in [3.05, 3.63) is 59.1 Å². The number of Topliss-reactive ketones (excluding diaryl/α,β-unsaturated/α-hetero) is 1. The number of halogens is 1. The van der Waals surface area contributed by atoms with Crippen LogP contribution in [-0.2, 0) is 22.2 Å². The molecule has 178 valence electrons. The Hall–Kier alpha value is -2.84. The second-order valence-corrected chi connectivity index (χ2v) is 9.63. The molecule has 3 aromatic rings. The van der Waals surface area contributed by atoms with Crippen LogP contribution in [0, 0.1) is 0 Å². The Morgan fingerprint density at radius 2 is 1.91 bits per heavy atom. The van der Waals surface area contributed by atoms with E-state index >= 15 is 0 Å². The molecular weight excluding hydrogens is 472 g/mol. The van der Waals surface area contributed by atoms with E-state index in [0.29, 0.717) is 40.2 Å². The molecule has 0 spiro atoms. The van der Waals surface area contributed by atoms with Crippen LogP contribution < -0.4 is 4.74 Å². The van der Waals surface area contributed by atoms with Gasteiger partial charge in [0.2, 0.25) is 5.91 Å². The third-order valence-corrected chi connectivity index (χ3v) is 7.76. The fourth-order valence-corrected chi connectivity index (χ4v) is 5.69. The normalized spacial score (nSPS) is 18.1. The number of rotatable bonds is 7. The maximum atomic E-state index is 13.4. The van der Waals surface area contributed by atoms with Gasteiger partial charge in [0.15, 0.2) is 16.8 Å². The zero-order valence-electron chi connectivity index (χ0n) is 19.5. The predicted molar refractivity (Wildman–Crippen MR) is 133 cm³/mol. The number of carbonyl (C=O) groups excluding carboxylic acids is 2. The van der Waals surface area contributed by atoms with Crippen molar-refractivity contribution in [1.29, 1.82) is 0 Å². The Kier molecular flexibility index (Phi) is 7.28. The zero-order valence-corrected chi connectivity index (χ0v) is 21.0. The second kappa shape index (κ2) is 10.2. The van der Waals surface area contributed by atoms with Gasteiger partial charge in [-0.25, -0.2) is 0 Å². The molecule has 34 heavy (non-hydrogen) atoms. The SMILES string of the molecule is COc1ccccc1-c1nnc(SCC(=O)N(C)[C@@]2(c3ccccc3Cl)CCCCC2=O)n1C. The highest BCUT2D eigenvalue weighted by Gasteiger charge is 2.47. The smallest absolute Gasteiger partial charge is 0.233 e. The average Bonchev–Trinajstić information content (AvgIpc) is 3.22. The second-order valence-electron chi connectivity index (χ2n) is 8.28. The van der Waals surface area contributed by atoms with Gasteiger partial charge in [0.1, 0.15) is 11.3 Å². The molecule has 0 unspecified atom stereocenters. The molecule has 0 bridgehead atoms. The molecule has 1 atom stereocenters. The van der Waals surface area contributed by atoms with Gasteiger partial charge < -0.3 is 14.2 Å². The molecule has 1 saturated carbocycles. The van der Waals surface area contributed by atoms with Gasteiger partial charge in [-0.15, -0.1) is 10.2 Å². The molecular formula is C25H27ClN4O3S. The summed E-state index contributed by atoms with van der Waals surface area (Å²) in [5, 5.41) is 9.69. The van der Waals surface area contributed by atoms with Gasteiger partial charge in [-0.1, -0.05) is 53.7 Å². The number of methoxy groups -OCH3 is 1. The molecule has 4 rings (SSSR count). The van der Waals surface area contributed by atoms with Gasteiger partial charge >= 0.3 is 0 Å². The van der Waals surface area contributed by atoms with Crippen molar-refractivity contribution in [2.45, 2.75) is 36.4 Å². The van der Waals surface area contributed by atoms with E-state index in [1.807, 2.05) is 54.1 Å². The molecule has 2 aromatic carbocycles. The predicted octanol–water partition coefficient (Wildman–Crippen LogP) is 4.73. The number of ether oxygens (including phenoxy) is 1. The Morgan fingerprint density at radius 1 is 1.18 bits per heavy atom. The Labute approximate surface area is 208 Å². The third kappa shape index (κ3) is 4.32. The van der Waals surface area contributed by atoms with Crippen LogP contribution in [0.4, 0.5) is 0 Å². The van der Waals surface area contributed by atoms with Crippen LogP contribution in [0.3, 0.4) is 0 Å². The van der Waals surface area contributed by atoms with Crippen LogP contribution in [0.15, 0.2) is 53.7 Å². The van der Waals surface area contributed by atoms with E-state index in [1.54, 1.807) is 25.1 Å². The van der Waals surface area contributed by atoms with E-state index in [9.17, 15) is 9.59 Å². The lowest BCUT2D eigenvalue weighted by Crippen LogP contribution is -2.54. The molecule has 7 nitrogen and oxygen atoms in total. The molecule has 1 aliphatic carbocycles. The molecule has 1 aromatic heterocycles. The third-order valence-electron chi connectivity index (χ3n) is 6.43. The Bertz CT molecular complexity index is 1210. The number of amides is 1. The first-order valence-electron chi connectivity index (χ1n) is 11.1. The first kappa shape index (κ1) is 24.3. The van der Waals surface area contributed by atoms with Crippen molar-refractivity contribution in [3.8, 4) is 17.1 Å². The number of benzene rings is 2. The van der Waals surface area contributed by atoms with Crippen LogP contribution in [0.25, 0.3) is 11.4 Å². The van der Waals surface area contributed by atoms with Crippen LogP contribution >= 0.6 is 23.4 Å². The number of aromatic nitrogens is 3. The van der Waals surface area contributed by atoms with Crippen LogP contribution in [-0.4, -0.2) is 51.3 Å². The van der Waals surface area contributed by atoms with Gasteiger partial charge in [0.05, 0.1) is 18.4 Å². The van der Waals surface area contributed by atoms with E-state index in [2.05, 4.69) is 10.2 Å². The molecule has 0 aliphatic heterocycles. The Morgan fingerprint density at radius 3 is 2.65 bits per heavy atom. The van der Waals surface area contributed by atoms with Gasteiger partial charge in [-0.3, -0.25) is 9.59 Å². The quantitative estimate of drug-likeness (QED) is 0.438. The van der Waals surface area contributed by atoms with Crippen molar-refractivity contribution >= 4 is 35.1 Å². The van der Waals surface area contributed by atoms with Crippen molar-refractivity contribution in [2.24, 2.45) is 7.05 Å². The summed E-state index contributed by atoms with van der Waals surface area (Å²) in [5.74, 6) is 1.33. The maximum absolute atomic E-state index is 13.4. The highest BCUT2D eigenvalue weighted by Crippen LogP contribution is 2.42. The molecule has 1 amide bonds. The van der Waals surface area contributed by atoms with Crippen LogP contribution in [0.1, 0.15) is 31.2 Å². The summed E-state index contributed by atoms with van der Waals surface area (Å²) in [6, 6.07) is 14.9.